The topological polar surface area (TPSA) is 85.7 Å². The van der Waals surface area contributed by atoms with Gasteiger partial charge >= 0.3 is 18.1 Å². The van der Waals surface area contributed by atoms with Crippen LogP contribution in [0.1, 0.15) is 22.8 Å². The van der Waals surface area contributed by atoms with Gasteiger partial charge in [0, 0.05) is 17.3 Å². The second-order valence-corrected chi connectivity index (χ2v) is 5.40. The lowest BCUT2D eigenvalue weighted by atomic mass is 9.87. The van der Waals surface area contributed by atoms with Crippen molar-refractivity contribution in [3.8, 4) is 11.3 Å². The summed E-state index contributed by atoms with van der Waals surface area (Å²) in [5, 5.41) is 10.3. The van der Waals surface area contributed by atoms with E-state index in [1.54, 1.807) is 0 Å². The zero-order chi connectivity index (χ0) is 20.2. The summed E-state index contributed by atoms with van der Waals surface area (Å²) >= 11 is 0. The van der Waals surface area contributed by atoms with Gasteiger partial charge in [0.2, 0.25) is 0 Å². The minimum absolute atomic E-state index is 0.0187. The molecule has 1 aromatic carbocycles. The number of aromatic nitrogens is 1. The zero-order valence-corrected chi connectivity index (χ0v) is 14.4. The molecule has 1 atom stereocenters. The van der Waals surface area contributed by atoms with Crippen molar-refractivity contribution in [2.24, 2.45) is 0 Å². The van der Waals surface area contributed by atoms with Crippen LogP contribution in [0.2, 0.25) is 0 Å². The van der Waals surface area contributed by atoms with Crippen LogP contribution in [-0.2, 0) is 19.9 Å². The molecule has 0 aliphatic heterocycles. The monoisotopic (exact) mass is 383 g/mol. The van der Waals surface area contributed by atoms with Crippen LogP contribution in [0.15, 0.2) is 42.6 Å². The highest BCUT2D eigenvalue weighted by Gasteiger charge is 2.63. The van der Waals surface area contributed by atoms with Gasteiger partial charge in [-0.3, -0.25) is 4.98 Å². The molecule has 0 saturated heterocycles. The summed E-state index contributed by atoms with van der Waals surface area (Å²) in [6, 6.07) is 7.50. The predicted octanol–water partition coefficient (Wildman–Crippen LogP) is 2.85. The summed E-state index contributed by atoms with van der Waals surface area (Å²) in [7, 11) is 1.17. The van der Waals surface area contributed by atoms with Crippen LogP contribution in [0.3, 0.4) is 0 Å². The molecule has 9 heteroatoms. The Morgan fingerprint density at radius 1 is 1.15 bits per heavy atom. The number of halogens is 3. The van der Waals surface area contributed by atoms with Crippen molar-refractivity contribution in [2.75, 3.05) is 13.7 Å². The number of pyridine rings is 1. The fraction of sp³-hybridized carbons (Fsp3) is 0.278. The summed E-state index contributed by atoms with van der Waals surface area (Å²) in [4.78, 5) is 27.4. The number of ether oxygens (including phenoxy) is 2. The molecule has 1 heterocycles. The number of rotatable bonds is 5. The fourth-order valence-corrected chi connectivity index (χ4v) is 2.43. The van der Waals surface area contributed by atoms with Gasteiger partial charge in [0.15, 0.2) is 0 Å². The van der Waals surface area contributed by atoms with Crippen molar-refractivity contribution in [3.05, 3.63) is 53.7 Å². The number of nitrogens with zero attached hydrogens (tertiary/aromatic N) is 1. The molecule has 0 bridgehead atoms. The molecule has 1 N–H and O–H groups in total. The summed E-state index contributed by atoms with van der Waals surface area (Å²) in [6.07, 6.45) is -4.21. The minimum atomic E-state index is -5.33. The van der Waals surface area contributed by atoms with Crippen LogP contribution in [-0.4, -0.2) is 41.9 Å². The van der Waals surface area contributed by atoms with E-state index < -0.39 is 29.3 Å². The lowest BCUT2D eigenvalue weighted by Crippen LogP contribution is -2.50. The SMILES string of the molecule is CCOC(=O)C(O)(c1ccccc1-c1ccc(C(=O)OC)cn1)C(F)(F)F. The lowest BCUT2D eigenvalue weighted by Gasteiger charge is -2.30. The van der Waals surface area contributed by atoms with Gasteiger partial charge in [-0.1, -0.05) is 24.3 Å². The Kier molecular flexibility index (Phi) is 5.85. The quantitative estimate of drug-likeness (QED) is 0.800. The molecule has 1 aromatic heterocycles. The first-order valence-corrected chi connectivity index (χ1v) is 7.77. The number of methoxy groups -OCH3 is 1. The highest BCUT2D eigenvalue weighted by Crippen LogP contribution is 2.43. The number of esters is 2. The Labute approximate surface area is 152 Å². The second kappa shape index (κ2) is 7.75. The summed E-state index contributed by atoms with van der Waals surface area (Å²) in [5.41, 5.74) is -4.63. The average Bonchev–Trinajstić information content (AvgIpc) is 2.66. The van der Waals surface area contributed by atoms with Gasteiger partial charge in [0.1, 0.15) is 0 Å². The third kappa shape index (κ3) is 3.77. The summed E-state index contributed by atoms with van der Waals surface area (Å²) in [5.74, 6) is -2.50. The standard InChI is InChI=1S/C18H16F3NO5/c1-3-27-16(24)17(25,18(19,20)21)13-7-5-4-6-12(13)14-9-8-11(10-22-14)15(23)26-2/h4-10,25H,3H2,1-2H3. The van der Waals surface area contributed by atoms with E-state index in [0.717, 1.165) is 12.3 Å². The molecule has 2 rings (SSSR count). The molecule has 0 aliphatic carbocycles. The molecule has 6 nitrogen and oxygen atoms in total. The van der Waals surface area contributed by atoms with E-state index >= 15 is 0 Å². The van der Waals surface area contributed by atoms with Gasteiger partial charge in [-0.25, -0.2) is 9.59 Å². The number of carbonyl (C=O) groups excluding carboxylic acids is 2. The second-order valence-electron chi connectivity index (χ2n) is 5.40. The average molecular weight is 383 g/mol. The van der Waals surface area contributed by atoms with E-state index in [9.17, 15) is 27.9 Å². The number of alkyl halides is 3. The predicted molar refractivity (Wildman–Crippen MR) is 87.6 cm³/mol. The number of hydrogen-bond acceptors (Lipinski definition) is 6. The molecule has 0 aliphatic rings. The van der Waals surface area contributed by atoms with E-state index in [2.05, 4.69) is 14.5 Å². The highest BCUT2D eigenvalue weighted by atomic mass is 19.4. The lowest BCUT2D eigenvalue weighted by molar-refractivity contribution is -0.267. The van der Waals surface area contributed by atoms with E-state index in [0.29, 0.717) is 0 Å². The fourth-order valence-electron chi connectivity index (χ4n) is 2.43. The van der Waals surface area contributed by atoms with E-state index in [-0.39, 0.29) is 23.4 Å². The maximum absolute atomic E-state index is 13.6. The number of carbonyl (C=O) groups is 2. The van der Waals surface area contributed by atoms with Crippen molar-refractivity contribution in [1.82, 2.24) is 4.98 Å². The molecule has 2 aromatic rings. The first kappa shape index (κ1) is 20.4. The molecule has 0 fully saturated rings. The van der Waals surface area contributed by atoms with Gasteiger partial charge < -0.3 is 14.6 Å². The van der Waals surface area contributed by atoms with Gasteiger partial charge in [0.05, 0.1) is 25.0 Å². The Hall–Kier alpha value is -2.94. The molecule has 0 saturated carbocycles. The van der Waals surface area contributed by atoms with Crippen molar-refractivity contribution >= 4 is 11.9 Å². The van der Waals surface area contributed by atoms with E-state index in [4.69, 9.17) is 0 Å². The number of aliphatic hydroxyl groups is 1. The molecule has 0 amide bonds. The highest BCUT2D eigenvalue weighted by molar-refractivity contribution is 5.89. The van der Waals surface area contributed by atoms with Crippen molar-refractivity contribution in [1.29, 1.82) is 0 Å². The van der Waals surface area contributed by atoms with Crippen molar-refractivity contribution in [2.45, 2.75) is 18.7 Å². The molecule has 1 unspecified atom stereocenters. The third-order valence-corrected chi connectivity index (χ3v) is 3.76. The molecule has 144 valence electrons. The maximum Gasteiger partial charge on any atom is 0.432 e. The van der Waals surface area contributed by atoms with Crippen LogP contribution in [0.4, 0.5) is 13.2 Å². The van der Waals surface area contributed by atoms with Gasteiger partial charge in [-0.2, -0.15) is 13.2 Å². The van der Waals surface area contributed by atoms with Crippen molar-refractivity contribution in [3.63, 3.8) is 0 Å². The Morgan fingerprint density at radius 2 is 1.81 bits per heavy atom. The Bertz CT molecular complexity index is 836. The normalized spacial score (nSPS) is 13.6. The Balaban J connectivity index is 2.62. The molecular weight excluding hydrogens is 367 g/mol. The molecular formula is C18H16F3NO5. The van der Waals surface area contributed by atoms with Gasteiger partial charge in [0.25, 0.3) is 5.60 Å². The summed E-state index contributed by atoms with van der Waals surface area (Å²) < 4.78 is 49.9. The first-order chi connectivity index (χ1) is 12.7. The van der Waals surface area contributed by atoms with Gasteiger partial charge in [-0.05, 0) is 19.1 Å². The Morgan fingerprint density at radius 3 is 2.33 bits per heavy atom. The van der Waals surface area contributed by atoms with E-state index in [1.165, 1.54) is 44.4 Å². The zero-order valence-electron chi connectivity index (χ0n) is 14.4. The maximum atomic E-state index is 13.6. The van der Waals surface area contributed by atoms with Crippen molar-refractivity contribution < 1.29 is 37.3 Å². The summed E-state index contributed by atoms with van der Waals surface area (Å²) in [6.45, 7) is 0.985. The third-order valence-electron chi connectivity index (χ3n) is 3.76. The number of hydrogen-bond donors (Lipinski definition) is 1. The van der Waals surface area contributed by atoms with Crippen LogP contribution in [0.5, 0.6) is 0 Å². The van der Waals surface area contributed by atoms with Crippen LogP contribution < -0.4 is 0 Å². The molecule has 27 heavy (non-hydrogen) atoms. The largest absolute Gasteiger partial charge is 0.465 e. The van der Waals surface area contributed by atoms with Gasteiger partial charge in [-0.15, -0.1) is 0 Å². The van der Waals surface area contributed by atoms with Crippen LogP contribution in [0, 0.1) is 0 Å². The smallest absolute Gasteiger partial charge is 0.432 e. The van der Waals surface area contributed by atoms with E-state index in [1.807, 2.05) is 0 Å². The molecule has 0 radical (unpaired) electrons. The number of benzene rings is 1. The molecule has 0 spiro atoms. The minimum Gasteiger partial charge on any atom is -0.465 e. The van der Waals surface area contributed by atoms with Crippen LogP contribution >= 0.6 is 0 Å². The first-order valence-electron chi connectivity index (χ1n) is 7.77. The van der Waals surface area contributed by atoms with Crippen LogP contribution in [0.25, 0.3) is 11.3 Å².